The van der Waals surface area contributed by atoms with Gasteiger partial charge in [0.15, 0.2) is 0 Å². The number of halogens is 1. The van der Waals surface area contributed by atoms with Gasteiger partial charge in [0.1, 0.15) is 11.6 Å². The van der Waals surface area contributed by atoms with Gasteiger partial charge in [0, 0.05) is 29.7 Å². The third-order valence-electron chi connectivity index (χ3n) is 5.35. The third kappa shape index (κ3) is 1.86. The Labute approximate surface area is 137 Å². The second kappa shape index (κ2) is 4.74. The number of nitrogens with zero attached hydrogens (tertiary/aromatic N) is 1. The number of rotatable bonds is 1. The zero-order chi connectivity index (χ0) is 16.5. The predicted molar refractivity (Wildman–Crippen MR) is 81.9 cm³/mol. The van der Waals surface area contributed by atoms with Crippen molar-refractivity contribution in [1.82, 2.24) is 0 Å². The first-order chi connectivity index (χ1) is 10.9. The molecule has 4 aliphatic rings. The normalized spacial score (nSPS) is 32.7. The van der Waals surface area contributed by atoms with Crippen molar-refractivity contribution in [2.45, 2.75) is 19.8 Å². The molecule has 23 heavy (non-hydrogen) atoms. The lowest BCUT2D eigenvalue weighted by Gasteiger charge is -2.40. The number of aryl methyl sites for hydroxylation is 1. The molecule has 0 aromatic heterocycles. The maximum absolute atomic E-state index is 12.8. The SMILES string of the molecule is Cc1ccc(N2C(=O)[C@@H]3[C@H](C2=O)[C@@H]2CC(=O)[C@@H]3CC2=O)cc1Cl. The number of ketones is 2. The van der Waals surface area contributed by atoms with Gasteiger partial charge in [-0.3, -0.25) is 19.2 Å². The largest absolute Gasteiger partial charge is 0.299 e. The summed E-state index contributed by atoms with van der Waals surface area (Å²) in [7, 11) is 0. The van der Waals surface area contributed by atoms with E-state index in [-0.39, 0.29) is 36.2 Å². The highest BCUT2D eigenvalue weighted by Gasteiger charge is 2.63. The van der Waals surface area contributed by atoms with Gasteiger partial charge >= 0.3 is 0 Å². The molecule has 1 heterocycles. The van der Waals surface area contributed by atoms with Crippen LogP contribution in [0.25, 0.3) is 0 Å². The Morgan fingerprint density at radius 3 is 1.96 bits per heavy atom. The Bertz CT molecular complexity index is 747. The number of hydrogen-bond acceptors (Lipinski definition) is 4. The van der Waals surface area contributed by atoms with E-state index in [1.54, 1.807) is 18.2 Å². The van der Waals surface area contributed by atoms with Crippen LogP contribution in [0.4, 0.5) is 5.69 Å². The molecular formula is C17H14ClNO4. The molecule has 1 aromatic rings. The molecule has 0 spiro atoms. The number of carbonyl (C=O) groups is 4. The van der Waals surface area contributed by atoms with Gasteiger partial charge in [0.25, 0.3) is 0 Å². The molecule has 5 rings (SSSR count). The van der Waals surface area contributed by atoms with Gasteiger partial charge in [-0.25, -0.2) is 4.90 Å². The van der Waals surface area contributed by atoms with Gasteiger partial charge in [-0.1, -0.05) is 17.7 Å². The number of carbonyl (C=O) groups excluding carboxylic acids is 4. The van der Waals surface area contributed by atoms with Gasteiger partial charge < -0.3 is 0 Å². The summed E-state index contributed by atoms with van der Waals surface area (Å²) in [5.41, 5.74) is 1.25. The molecule has 4 atom stereocenters. The van der Waals surface area contributed by atoms with E-state index in [0.29, 0.717) is 10.7 Å². The average molecular weight is 332 g/mol. The van der Waals surface area contributed by atoms with E-state index in [0.717, 1.165) is 10.5 Å². The topological polar surface area (TPSA) is 71.5 Å². The quantitative estimate of drug-likeness (QED) is 0.737. The molecule has 2 bridgehead atoms. The van der Waals surface area contributed by atoms with Crippen LogP contribution in [0.1, 0.15) is 18.4 Å². The minimum Gasteiger partial charge on any atom is -0.299 e. The van der Waals surface area contributed by atoms with Crippen LogP contribution in [-0.4, -0.2) is 23.4 Å². The Morgan fingerprint density at radius 1 is 0.957 bits per heavy atom. The van der Waals surface area contributed by atoms with E-state index in [9.17, 15) is 19.2 Å². The first-order valence-corrected chi connectivity index (χ1v) is 7.97. The fourth-order valence-electron chi connectivity index (χ4n) is 4.15. The second-order valence-electron chi connectivity index (χ2n) is 6.55. The van der Waals surface area contributed by atoms with Crippen LogP contribution in [0, 0.1) is 30.6 Å². The number of Topliss-reactive ketones (excluding diaryl/α,β-unsaturated/α-hetero) is 2. The maximum atomic E-state index is 12.8. The summed E-state index contributed by atoms with van der Waals surface area (Å²) in [6.45, 7) is 1.83. The number of benzene rings is 1. The van der Waals surface area contributed by atoms with E-state index < -0.39 is 23.7 Å². The molecular weight excluding hydrogens is 318 g/mol. The number of fused-ring (bicyclic) bond motifs is 2. The predicted octanol–water partition coefficient (Wildman–Crippen LogP) is 1.93. The molecule has 0 unspecified atom stereocenters. The van der Waals surface area contributed by atoms with E-state index in [1.807, 2.05) is 6.92 Å². The van der Waals surface area contributed by atoms with Crippen LogP contribution in [0.5, 0.6) is 0 Å². The molecule has 4 fully saturated rings. The van der Waals surface area contributed by atoms with Crippen molar-refractivity contribution < 1.29 is 19.2 Å². The molecule has 1 aliphatic heterocycles. The Kier molecular flexibility index (Phi) is 3.00. The molecule has 5 nitrogen and oxygen atoms in total. The molecule has 3 aliphatic carbocycles. The Balaban J connectivity index is 1.79. The summed E-state index contributed by atoms with van der Waals surface area (Å²) in [6.07, 6.45) is 0.179. The van der Waals surface area contributed by atoms with E-state index in [1.165, 1.54) is 0 Å². The van der Waals surface area contributed by atoms with Crippen LogP contribution >= 0.6 is 11.6 Å². The van der Waals surface area contributed by atoms with Gasteiger partial charge in [-0.05, 0) is 24.6 Å². The molecule has 118 valence electrons. The Hall–Kier alpha value is -2.01. The zero-order valence-corrected chi connectivity index (χ0v) is 13.2. The average Bonchev–Trinajstić information content (AvgIpc) is 2.77. The first-order valence-electron chi connectivity index (χ1n) is 7.59. The van der Waals surface area contributed by atoms with E-state index >= 15 is 0 Å². The summed E-state index contributed by atoms with van der Waals surface area (Å²) in [4.78, 5) is 50.8. The zero-order valence-electron chi connectivity index (χ0n) is 12.4. The summed E-state index contributed by atoms with van der Waals surface area (Å²) in [5, 5.41) is 0.466. The van der Waals surface area contributed by atoms with Crippen molar-refractivity contribution in [3.05, 3.63) is 28.8 Å². The van der Waals surface area contributed by atoms with Crippen molar-refractivity contribution in [2.75, 3.05) is 4.90 Å². The fourth-order valence-corrected chi connectivity index (χ4v) is 4.33. The van der Waals surface area contributed by atoms with Crippen molar-refractivity contribution in [2.24, 2.45) is 23.7 Å². The second-order valence-corrected chi connectivity index (χ2v) is 6.96. The minimum atomic E-state index is -0.688. The van der Waals surface area contributed by atoms with E-state index in [4.69, 9.17) is 11.6 Å². The monoisotopic (exact) mass is 331 g/mol. The van der Waals surface area contributed by atoms with Gasteiger partial charge in [0.05, 0.1) is 17.5 Å². The number of imide groups is 1. The molecule has 2 amide bonds. The summed E-state index contributed by atoms with van der Waals surface area (Å²) in [5.74, 6) is -3.55. The maximum Gasteiger partial charge on any atom is 0.238 e. The molecule has 0 radical (unpaired) electrons. The summed E-state index contributed by atoms with van der Waals surface area (Å²) >= 11 is 6.10. The number of amides is 2. The Morgan fingerprint density at radius 2 is 1.48 bits per heavy atom. The minimum absolute atomic E-state index is 0.0687. The number of anilines is 1. The van der Waals surface area contributed by atoms with E-state index in [2.05, 4.69) is 0 Å². The van der Waals surface area contributed by atoms with Crippen LogP contribution < -0.4 is 4.90 Å². The molecule has 1 aromatic carbocycles. The fraction of sp³-hybridized carbons (Fsp3) is 0.412. The van der Waals surface area contributed by atoms with Crippen molar-refractivity contribution in [3.8, 4) is 0 Å². The van der Waals surface area contributed by atoms with Crippen molar-refractivity contribution in [3.63, 3.8) is 0 Å². The van der Waals surface area contributed by atoms with Crippen LogP contribution in [-0.2, 0) is 19.2 Å². The van der Waals surface area contributed by atoms with Gasteiger partial charge in [-0.15, -0.1) is 0 Å². The standard InChI is InChI=1S/C17H14ClNO4/c1-7-2-3-8(4-11(7)18)19-16(22)14-9-5-12(20)10(6-13(9)21)15(14)17(19)23/h2-4,9-10,14-15H,5-6H2,1H3/t9-,10+,14-,15+. The van der Waals surface area contributed by atoms with Crippen molar-refractivity contribution >= 4 is 40.7 Å². The van der Waals surface area contributed by atoms with Crippen molar-refractivity contribution in [1.29, 1.82) is 0 Å². The molecule has 0 N–H and O–H groups in total. The highest BCUT2D eigenvalue weighted by atomic mass is 35.5. The first kappa shape index (κ1) is 14.6. The highest BCUT2D eigenvalue weighted by Crippen LogP contribution is 2.50. The third-order valence-corrected chi connectivity index (χ3v) is 5.76. The lowest BCUT2D eigenvalue weighted by Crippen LogP contribution is -2.51. The van der Waals surface area contributed by atoms with Gasteiger partial charge in [-0.2, -0.15) is 0 Å². The molecule has 6 heteroatoms. The smallest absolute Gasteiger partial charge is 0.238 e. The molecule has 1 saturated heterocycles. The number of hydrogen-bond donors (Lipinski definition) is 0. The lowest BCUT2D eigenvalue weighted by molar-refractivity contribution is -0.153. The van der Waals surface area contributed by atoms with Crippen LogP contribution in [0.15, 0.2) is 18.2 Å². The summed E-state index contributed by atoms with van der Waals surface area (Å²) in [6, 6.07) is 4.99. The highest BCUT2D eigenvalue weighted by molar-refractivity contribution is 6.32. The lowest BCUT2D eigenvalue weighted by atomic mass is 9.58. The van der Waals surface area contributed by atoms with Crippen LogP contribution in [0.3, 0.4) is 0 Å². The molecule has 3 saturated carbocycles. The van der Waals surface area contributed by atoms with Gasteiger partial charge in [0.2, 0.25) is 11.8 Å². The summed E-state index contributed by atoms with van der Waals surface area (Å²) < 4.78 is 0. The van der Waals surface area contributed by atoms with Crippen LogP contribution in [0.2, 0.25) is 5.02 Å².